The molecule has 0 amide bonds. The topological polar surface area (TPSA) is 42.2 Å². The van der Waals surface area contributed by atoms with Crippen LogP contribution in [0.3, 0.4) is 0 Å². The molecule has 0 saturated heterocycles. The summed E-state index contributed by atoms with van der Waals surface area (Å²) in [7, 11) is 0. The Balaban J connectivity index is 2.40. The Hall–Kier alpha value is -1.95. The first kappa shape index (κ1) is 11.5. The third-order valence-corrected chi connectivity index (χ3v) is 2.67. The molecule has 0 saturated carbocycles. The first-order valence-electron chi connectivity index (χ1n) is 5.77. The van der Waals surface area contributed by atoms with E-state index in [4.69, 9.17) is 14.7 Å². The molecule has 2 rings (SSSR count). The fraction of sp³-hybridized carbons (Fsp3) is 0.357. The molecule has 0 spiro atoms. The van der Waals surface area contributed by atoms with E-state index in [-0.39, 0.29) is 6.10 Å². The van der Waals surface area contributed by atoms with Crippen molar-refractivity contribution in [2.75, 3.05) is 6.61 Å². The Kier molecular flexibility index (Phi) is 3.34. The van der Waals surface area contributed by atoms with Crippen LogP contribution in [0, 0.1) is 11.3 Å². The number of ether oxygens (including phenoxy) is 2. The summed E-state index contributed by atoms with van der Waals surface area (Å²) < 4.78 is 11.3. The van der Waals surface area contributed by atoms with Crippen molar-refractivity contribution in [3.63, 3.8) is 0 Å². The molecule has 88 valence electrons. The number of hydrogen-bond donors (Lipinski definition) is 0. The second-order valence-electron chi connectivity index (χ2n) is 4.03. The van der Waals surface area contributed by atoms with Crippen molar-refractivity contribution in [1.29, 1.82) is 5.26 Å². The van der Waals surface area contributed by atoms with Gasteiger partial charge >= 0.3 is 0 Å². The van der Waals surface area contributed by atoms with Crippen LogP contribution in [0.15, 0.2) is 18.2 Å². The van der Waals surface area contributed by atoms with Gasteiger partial charge in [0.25, 0.3) is 0 Å². The lowest BCUT2D eigenvalue weighted by molar-refractivity contribution is 0.254. The van der Waals surface area contributed by atoms with Gasteiger partial charge in [-0.1, -0.05) is 0 Å². The Morgan fingerprint density at radius 3 is 3.12 bits per heavy atom. The summed E-state index contributed by atoms with van der Waals surface area (Å²) in [5, 5.41) is 8.57. The zero-order chi connectivity index (χ0) is 12.3. The molecule has 3 nitrogen and oxygen atoms in total. The summed E-state index contributed by atoms with van der Waals surface area (Å²) in [6.07, 6.45) is 4.33. The van der Waals surface area contributed by atoms with E-state index in [9.17, 15) is 0 Å². The number of hydrogen-bond acceptors (Lipinski definition) is 3. The van der Waals surface area contributed by atoms with Crippen LogP contribution < -0.4 is 9.47 Å². The highest BCUT2D eigenvalue weighted by Crippen LogP contribution is 2.35. The van der Waals surface area contributed by atoms with Gasteiger partial charge in [0.15, 0.2) is 0 Å². The standard InChI is InChI=1S/C14H15NO2/c1-3-16-13-9-12-7-10(2)17-14(12)8-11(13)5-4-6-15/h4-5,8-10H,3,7H2,1-2H3. The van der Waals surface area contributed by atoms with Gasteiger partial charge in [-0.15, -0.1) is 0 Å². The average Bonchev–Trinajstić information content (AvgIpc) is 2.65. The average molecular weight is 229 g/mol. The Morgan fingerprint density at radius 2 is 2.41 bits per heavy atom. The van der Waals surface area contributed by atoms with Crippen molar-refractivity contribution in [3.05, 3.63) is 29.3 Å². The monoisotopic (exact) mass is 229 g/mol. The molecule has 1 heterocycles. The highest BCUT2D eigenvalue weighted by molar-refractivity contribution is 5.63. The third kappa shape index (κ3) is 2.42. The minimum atomic E-state index is 0.217. The van der Waals surface area contributed by atoms with E-state index < -0.39 is 0 Å². The van der Waals surface area contributed by atoms with E-state index in [1.807, 2.05) is 32.0 Å². The molecule has 1 aliphatic heterocycles. The molecule has 17 heavy (non-hydrogen) atoms. The summed E-state index contributed by atoms with van der Waals surface area (Å²) >= 11 is 0. The molecule has 1 aromatic carbocycles. The lowest BCUT2D eigenvalue weighted by atomic mass is 10.1. The largest absolute Gasteiger partial charge is 0.493 e. The van der Waals surface area contributed by atoms with Crippen LogP contribution in [0.2, 0.25) is 0 Å². The summed E-state index contributed by atoms with van der Waals surface area (Å²) in [5.41, 5.74) is 2.07. The molecular weight excluding hydrogens is 214 g/mol. The Labute approximate surface area is 101 Å². The number of benzene rings is 1. The quantitative estimate of drug-likeness (QED) is 0.748. The highest BCUT2D eigenvalue weighted by atomic mass is 16.5. The van der Waals surface area contributed by atoms with E-state index in [0.29, 0.717) is 6.61 Å². The predicted octanol–water partition coefficient (Wildman–Crippen LogP) is 2.95. The minimum absolute atomic E-state index is 0.217. The first-order chi connectivity index (χ1) is 8.24. The van der Waals surface area contributed by atoms with Gasteiger partial charge in [0.05, 0.1) is 12.7 Å². The lowest BCUT2D eigenvalue weighted by Crippen LogP contribution is -2.05. The van der Waals surface area contributed by atoms with Crippen molar-refractivity contribution < 1.29 is 9.47 Å². The molecule has 0 aromatic heterocycles. The Morgan fingerprint density at radius 1 is 1.59 bits per heavy atom. The predicted molar refractivity (Wildman–Crippen MR) is 66.1 cm³/mol. The normalized spacial score (nSPS) is 17.6. The fourth-order valence-electron chi connectivity index (χ4n) is 1.99. The van der Waals surface area contributed by atoms with Crippen LogP contribution in [0.4, 0.5) is 0 Å². The first-order valence-corrected chi connectivity index (χ1v) is 5.77. The van der Waals surface area contributed by atoms with Crippen molar-refractivity contribution >= 4 is 6.08 Å². The number of nitriles is 1. The maximum absolute atomic E-state index is 8.57. The smallest absolute Gasteiger partial charge is 0.127 e. The number of fused-ring (bicyclic) bond motifs is 1. The summed E-state index contributed by atoms with van der Waals surface area (Å²) in [5.74, 6) is 1.72. The van der Waals surface area contributed by atoms with Gasteiger partial charge in [-0.3, -0.25) is 0 Å². The summed E-state index contributed by atoms with van der Waals surface area (Å²) in [4.78, 5) is 0. The molecule has 0 fully saturated rings. The van der Waals surface area contributed by atoms with E-state index in [2.05, 4.69) is 0 Å². The van der Waals surface area contributed by atoms with Crippen LogP contribution in [-0.2, 0) is 6.42 Å². The molecule has 1 unspecified atom stereocenters. The molecule has 0 radical (unpaired) electrons. The van der Waals surface area contributed by atoms with Gasteiger partial charge in [0.2, 0.25) is 0 Å². The second kappa shape index (κ2) is 4.92. The lowest BCUT2D eigenvalue weighted by Gasteiger charge is -2.09. The van der Waals surface area contributed by atoms with Crippen molar-refractivity contribution in [3.8, 4) is 17.6 Å². The van der Waals surface area contributed by atoms with Crippen LogP contribution in [0.25, 0.3) is 6.08 Å². The molecule has 0 N–H and O–H groups in total. The number of nitrogens with zero attached hydrogens (tertiary/aromatic N) is 1. The summed E-state index contributed by atoms with van der Waals surface area (Å²) in [6.45, 7) is 4.61. The SMILES string of the molecule is CCOc1cc2c(cc1C=CC#N)OC(C)C2. The van der Waals surface area contributed by atoms with Gasteiger partial charge in [-0.2, -0.15) is 5.26 Å². The minimum Gasteiger partial charge on any atom is -0.493 e. The van der Waals surface area contributed by atoms with Crippen LogP contribution in [0.1, 0.15) is 25.0 Å². The van der Waals surface area contributed by atoms with Gasteiger partial charge < -0.3 is 9.47 Å². The molecule has 1 atom stereocenters. The molecule has 1 aliphatic rings. The zero-order valence-corrected chi connectivity index (χ0v) is 10.1. The van der Waals surface area contributed by atoms with Crippen LogP contribution in [-0.4, -0.2) is 12.7 Å². The molecule has 3 heteroatoms. The highest BCUT2D eigenvalue weighted by Gasteiger charge is 2.21. The van der Waals surface area contributed by atoms with E-state index in [0.717, 1.165) is 23.5 Å². The van der Waals surface area contributed by atoms with Gasteiger partial charge in [0.1, 0.15) is 17.6 Å². The summed E-state index contributed by atoms with van der Waals surface area (Å²) in [6, 6.07) is 5.94. The van der Waals surface area contributed by atoms with Crippen molar-refractivity contribution in [2.24, 2.45) is 0 Å². The zero-order valence-electron chi connectivity index (χ0n) is 10.1. The number of allylic oxidation sites excluding steroid dienone is 1. The van der Waals surface area contributed by atoms with Gasteiger partial charge in [-0.25, -0.2) is 0 Å². The second-order valence-corrected chi connectivity index (χ2v) is 4.03. The van der Waals surface area contributed by atoms with Gasteiger partial charge in [0, 0.05) is 23.6 Å². The van der Waals surface area contributed by atoms with E-state index in [1.54, 1.807) is 6.08 Å². The van der Waals surface area contributed by atoms with E-state index in [1.165, 1.54) is 11.6 Å². The molecule has 1 aromatic rings. The maximum Gasteiger partial charge on any atom is 0.127 e. The van der Waals surface area contributed by atoms with Crippen molar-refractivity contribution in [2.45, 2.75) is 26.4 Å². The molecule has 0 aliphatic carbocycles. The van der Waals surface area contributed by atoms with Crippen LogP contribution >= 0.6 is 0 Å². The van der Waals surface area contributed by atoms with Gasteiger partial charge in [-0.05, 0) is 32.1 Å². The third-order valence-electron chi connectivity index (χ3n) is 2.67. The Bertz CT molecular complexity index is 486. The fourth-order valence-corrected chi connectivity index (χ4v) is 1.99. The molecular formula is C14H15NO2. The van der Waals surface area contributed by atoms with Crippen molar-refractivity contribution in [1.82, 2.24) is 0 Å². The molecule has 0 bridgehead atoms. The van der Waals surface area contributed by atoms with Crippen LogP contribution in [0.5, 0.6) is 11.5 Å². The number of rotatable bonds is 3. The van der Waals surface area contributed by atoms with E-state index >= 15 is 0 Å². The maximum atomic E-state index is 8.57.